The van der Waals surface area contributed by atoms with Gasteiger partial charge >= 0.3 is 5.97 Å². The van der Waals surface area contributed by atoms with Gasteiger partial charge in [-0.1, -0.05) is 24.3 Å². The van der Waals surface area contributed by atoms with Crippen LogP contribution in [0.2, 0.25) is 0 Å². The molecular formula is C27H28BrNO4. The van der Waals surface area contributed by atoms with Gasteiger partial charge in [0.1, 0.15) is 12.4 Å². The lowest BCUT2D eigenvalue weighted by atomic mass is 9.73. The molecule has 0 aromatic heterocycles. The number of carbonyl (C=O) groups is 2. The molecule has 2 aromatic carbocycles. The van der Waals surface area contributed by atoms with E-state index in [0.29, 0.717) is 24.2 Å². The average molecular weight is 510 g/mol. The number of hydrogen-bond donors (Lipinski definition) is 1. The van der Waals surface area contributed by atoms with Crippen LogP contribution in [0.4, 0.5) is 0 Å². The van der Waals surface area contributed by atoms with Crippen molar-refractivity contribution >= 4 is 27.7 Å². The fourth-order valence-electron chi connectivity index (χ4n) is 4.77. The average Bonchev–Trinajstić information content (AvgIpc) is 2.78. The minimum absolute atomic E-state index is 0.0913. The van der Waals surface area contributed by atoms with E-state index in [4.69, 9.17) is 9.47 Å². The summed E-state index contributed by atoms with van der Waals surface area (Å²) in [6.07, 6.45) is 2.11. The van der Waals surface area contributed by atoms with Crippen molar-refractivity contribution in [2.75, 3.05) is 7.11 Å². The summed E-state index contributed by atoms with van der Waals surface area (Å²) in [4.78, 5) is 26.0. The monoisotopic (exact) mass is 509 g/mol. The van der Waals surface area contributed by atoms with Gasteiger partial charge in [0, 0.05) is 29.3 Å². The van der Waals surface area contributed by atoms with Gasteiger partial charge in [-0.25, -0.2) is 4.79 Å². The number of hydrogen-bond acceptors (Lipinski definition) is 5. The topological polar surface area (TPSA) is 64.6 Å². The molecule has 0 spiro atoms. The van der Waals surface area contributed by atoms with Crippen LogP contribution < -0.4 is 10.1 Å². The van der Waals surface area contributed by atoms with E-state index < -0.39 is 11.9 Å². The van der Waals surface area contributed by atoms with E-state index in [9.17, 15) is 9.59 Å². The molecule has 0 amide bonds. The molecular weight excluding hydrogens is 482 g/mol. The van der Waals surface area contributed by atoms with Crippen LogP contribution in [-0.2, 0) is 20.9 Å². The maximum absolute atomic E-state index is 13.1. The third-order valence-corrected chi connectivity index (χ3v) is 7.09. The Morgan fingerprint density at radius 3 is 2.61 bits per heavy atom. The van der Waals surface area contributed by atoms with Crippen molar-refractivity contribution in [1.82, 2.24) is 5.32 Å². The Hall–Kier alpha value is -2.86. The van der Waals surface area contributed by atoms with Crippen LogP contribution >= 0.6 is 15.9 Å². The zero-order valence-electron chi connectivity index (χ0n) is 19.4. The fraction of sp³-hybridized carbons (Fsp3) is 0.333. The smallest absolute Gasteiger partial charge is 0.336 e. The zero-order chi connectivity index (χ0) is 23.7. The Labute approximate surface area is 203 Å². The molecule has 1 aliphatic carbocycles. The first-order valence-corrected chi connectivity index (χ1v) is 11.9. The number of dihydropyridines is 1. The quantitative estimate of drug-likeness (QED) is 0.517. The number of ether oxygens (including phenoxy) is 2. The summed E-state index contributed by atoms with van der Waals surface area (Å²) < 4.78 is 12.1. The Bertz CT molecular complexity index is 1190. The van der Waals surface area contributed by atoms with E-state index in [0.717, 1.165) is 56.7 Å². The number of allylic oxidation sites excluding steroid dienone is 3. The molecule has 0 radical (unpaired) electrons. The third kappa shape index (κ3) is 4.49. The highest BCUT2D eigenvalue weighted by atomic mass is 79.9. The van der Waals surface area contributed by atoms with Gasteiger partial charge in [0.15, 0.2) is 5.78 Å². The molecule has 0 fully saturated rings. The molecule has 0 bridgehead atoms. The maximum atomic E-state index is 13.1. The molecule has 1 atom stereocenters. The first-order chi connectivity index (χ1) is 15.8. The van der Waals surface area contributed by atoms with E-state index in [1.807, 2.05) is 38.1 Å². The highest BCUT2D eigenvalue weighted by Crippen LogP contribution is 2.44. The highest BCUT2D eigenvalue weighted by Gasteiger charge is 2.39. The summed E-state index contributed by atoms with van der Waals surface area (Å²) in [5.41, 5.74) is 6.93. The minimum atomic E-state index is -0.454. The van der Waals surface area contributed by atoms with E-state index >= 15 is 0 Å². The molecule has 2 aliphatic rings. The van der Waals surface area contributed by atoms with Gasteiger partial charge < -0.3 is 14.8 Å². The molecule has 5 nitrogen and oxygen atoms in total. The lowest BCUT2D eigenvalue weighted by molar-refractivity contribution is -0.136. The third-order valence-electron chi connectivity index (χ3n) is 6.44. The molecule has 1 heterocycles. The first-order valence-electron chi connectivity index (χ1n) is 11.1. The maximum Gasteiger partial charge on any atom is 0.336 e. The summed E-state index contributed by atoms with van der Waals surface area (Å²) in [5.74, 6) is -0.0156. The second-order valence-electron chi connectivity index (χ2n) is 8.61. The number of methoxy groups -OCH3 is 1. The lowest BCUT2D eigenvalue weighted by Crippen LogP contribution is -2.34. The van der Waals surface area contributed by atoms with Crippen LogP contribution in [0.3, 0.4) is 0 Å². The molecule has 172 valence electrons. The van der Waals surface area contributed by atoms with Crippen LogP contribution in [-0.4, -0.2) is 18.9 Å². The molecule has 1 aliphatic heterocycles. The lowest BCUT2D eigenvalue weighted by Gasteiger charge is -2.35. The van der Waals surface area contributed by atoms with Gasteiger partial charge in [0.25, 0.3) is 0 Å². The van der Waals surface area contributed by atoms with Crippen molar-refractivity contribution in [3.63, 3.8) is 0 Å². The second kappa shape index (κ2) is 9.56. The van der Waals surface area contributed by atoms with Crippen LogP contribution in [0.1, 0.15) is 54.4 Å². The number of nitrogens with one attached hydrogen (secondary N) is 1. The van der Waals surface area contributed by atoms with Crippen molar-refractivity contribution in [3.05, 3.63) is 85.7 Å². The number of ketones is 1. The molecule has 0 saturated carbocycles. The van der Waals surface area contributed by atoms with Crippen LogP contribution in [0, 0.1) is 13.8 Å². The molecule has 0 saturated heterocycles. The van der Waals surface area contributed by atoms with Gasteiger partial charge in [0.2, 0.25) is 0 Å². The number of para-hydroxylation sites is 1. The summed E-state index contributed by atoms with van der Waals surface area (Å²) in [6.45, 7) is 6.34. The second-order valence-corrected chi connectivity index (χ2v) is 9.47. The van der Waals surface area contributed by atoms with Crippen LogP contribution in [0.5, 0.6) is 5.75 Å². The van der Waals surface area contributed by atoms with Crippen molar-refractivity contribution in [2.45, 2.75) is 52.6 Å². The van der Waals surface area contributed by atoms with Crippen molar-refractivity contribution in [2.24, 2.45) is 0 Å². The molecule has 2 aromatic rings. The van der Waals surface area contributed by atoms with Crippen LogP contribution in [0.25, 0.3) is 0 Å². The SMILES string of the molecule is COC(=O)C1=C(C)NC2=C(C(=O)CCC2)[C@@H]1c1cc(COc2ccccc2Br)c(C)cc1C. The van der Waals surface area contributed by atoms with E-state index in [2.05, 4.69) is 40.3 Å². The Morgan fingerprint density at radius 2 is 1.88 bits per heavy atom. The first kappa shape index (κ1) is 23.3. The van der Waals surface area contributed by atoms with Gasteiger partial charge in [0.05, 0.1) is 17.2 Å². The predicted molar refractivity (Wildman–Crippen MR) is 131 cm³/mol. The van der Waals surface area contributed by atoms with Gasteiger partial charge in [-0.3, -0.25) is 4.79 Å². The molecule has 33 heavy (non-hydrogen) atoms. The van der Waals surface area contributed by atoms with Gasteiger partial charge in [-0.15, -0.1) is 0 Å². The predicted octanol–water partition coefficient (Wildman–Crippen LogP) is 5.79. The summed E-state index contributed by atoms with van der Waals surface area (Å²) in [7, 11) is 1.38. The summed E-state index contributed by atoms with van der Waals surface area (Å²) >= 11 is 3.53. The van der Waals surface area contributed by atoms with E-state index in [1.54, 1.807) is 0 Å². The standard InChI is InChI=1S/C27H28BrNO4/c1-15-12-16(2)19(13-18(15)14-33-23-11-6-5-8-20(23)28)25-24(27(31)32-4)17(3)29-21-9-7-10-22(30)26(21)25/h5-6,8,11-13,25,29H,7,9-10,14H2,1-4H3/t25-/m1/s1. The number of halogens is 1. The largest absolute Gasteiger partial charge is 0.488 e. The Kier molecular flexibility index (Phi) is 6.75. The number of aryl methyl sites for hydroxylation is 2. The molecule has 4 rings (SSSR count). The fourth-order valence-corrected chi connectivity index (χ4v) is 5.17. The number of carbonyl (C=O) groups excluding carboxylic acids is 2. The summed E-state index contributed by atoms with van der Waals surface area (Å²) in [6, 6.07) is 11.9. The zero-order valence-corrected chi connectivity index (χ0v) is 21.0. The summed E-state index contributed by atoms with van der Waals surface area (Å²) in [5, 5.41) is 3.32. The number of rotatable bonds is 5. The number of benzene rings is 2. The Balaban J connectivity index is 1.80. The van der Waals surface area contributed by atoms with Crippen molar-refractivity contribution < 1.29 is 19.1 Å². The molecule has 0 unspecified atom stereocenters. The molecule has 6 heteroatoms. The normalized spacial score (nSPS) is 18.1. The van der Waals surface area contributed by atoms with Gasteiger partial charge in [-0.2, -0.15) is 0 Å². The van der Waals surface area contributed by atoms with E-state index in [1.165, 1.54) is 7.11 Å². The highest BCUT2D eigenvalue weighted by molar-refractivity contribution is 9.10. The number of esters is 1. The van der Waals surface area contributed by atoms with Crippen molar-refractivity contribution in [3.8, 4) is 5.75 Å². The van der Waals surface area contributed by atoms with E-state index in [-0.39, 0.29) is 5.78 Å². The van der Waals surface area contributed by atoms with Gasteiger partial charge in [-0.05, 0) is 83.9 Å². The Morgan fingerprint density at radius 1 is 1.12 bits per heavy atom. The minimum Gasteiger partial charge on any atom is -0.488 e. The van der Waals surface area contributed by atoms with Crippen molar-refractivity contribution in [1.29, 1.82) is 0 Å². The van der Waals surface area contributed by atoms with Crippen LogP contribution in [0.15, 0.2) is 63.4 Å². The molecule has 1 N–H and O–H groups in total. The number of Topliss-reactive ketones (excluding diaryl/α,β-unsaturated/α-hetero) is 1.